The number of benzene rings is 1. The summed E-state index contributed by atoms with van der Waals surface area (Å²) in [6, 6.07) is 7.61. The van der Waals surface area contributed by atoms with Gasteiger partial charge in [-0.25, -0.2) is 9.78 Å². The summed E-state index contributed by atoms with van der Waals surface area (Å²) < 4.78 is 28.1. The standard InChI is InChI=1S/C23H31NO7/c1-4-20-19(24-22(31-20)15-7-5-8-16(11-15)27-2)13-29-17-9-6-10-18(12-17)30-14-21(28-3)23(25)26/h5,7-8,11,17-18,21H,4,6,9-10,12-14H2,1-3H3,(H,25,26)/t17-,18+,21?/m0/s1. The second kappa shape index (κ2) is 11.3. The zero-order chi connectivity index (χ0) is 22.2. The van der Waals surface area contributed by atoms with Crippen LogP contribution in [-0.4, -0.2) is 55.2 Å². The quantitative estimate of drug-likeness (QED) is 0.570. The molecule has 1 saturated carbocycles. The van der Waals surface area contributed by atoms with Gasteiger partial charge in [-0.15, -0.1) is 0 Å². The summed E-state index contributed by atoms with van der Waals surface area (Å²) in [5.41, 5.74) is 1.66. The number of nitrogens with zero attached hydrogens (tertiary/aromatic N) is 1. The minimum Gasteiger partial charge on any atom is -0.497 e. The van der Waals surface area contributed by atoms with Gasteiger partial charge in [-0.3, -0.25) is 0 Å². The van der Waals surface area contributed by atoms with Crippen molar-refractivity contribution in [2.75, 3.05) is 20.8 Å². The van der Waals surface area contributed by atoms with Gasteiger partial charge in [0.1, 0.15) is 17.2 Å². The molecular weight excluding hydrogens is 402 g/mol. The van der Waals surface area contributed by atoms with Crippen molar-refractivity contribution in [1.29, 1.82) is 0 Å². The van der Waals surface area contributed by atoms with Crippen molar-refractivity contribution in [3.8, 4) is 17.2 Å². The molecular formula is C23H31NO7. The molecule has 1 heterocycles. The molecule has 0 amide bonds. The maximum Gasteiger partial charge on any atom is 0.335 e. The Hall–Kier alpha value is -2.42. The molecule has 31 heavy (non-hydrogen) atoms. The average Bonchev–Trinajstić information content (AvgIpc) is 3.21. The fourth-order valence-electron chi connectivity index (χ4n) is 3.72. The Morgan fingerprint density at radius 3 is 2.71 bits per heavy atom. The first-order chi connectivity index (χ1) is 15.0. The van der Waals surface area contributed by atoms with Crippen molar-refractivity contribution in [2.45, 2.75) is 63.9 Å². The summed E-state index contributed by atoms with van der Waals surface area (Å²) in [4.78, 5) is 15.7. The molecule has 2 aromatic rings. The number of hydrogen-bond donors (Lipinski definition) is 1. The first kappa shape index (κ1) is 23.2. The lowest BCUT2D eigenvalue weighted by Crippen LogP contribution is -2.34. The first-order valence-electron chi connectivity index (χ1n) is 10.7. The number of carboxylic acid groups (broad SMARTS) is 1. The van der Waals surface area contributed by atoms with E-state index in [4.69, 9.17) is 28.5 Å². The summed E-state index contributed by atoms with van der Waals surface area (Å²) in [5, 5.41) is 9.08. The topological polar surface area (TPSA) is 100 Å². The van der Waals surface area contributed by atoms with Crippen LogP contribution in [0.15, 0.2) is 28.7 Å². The van der Waals surface area contributed by atoms with Gasteiger partial charge in [-0.05, 0) is 43.9 Å². The highest BCUT2D eigenvalue weighted by Gasteiger charge is 2.26. The van der Waals surface area contributed by atoms with Crippen molar-refractivity contribution in [1.82, 2.24) is 4.98 Å². The fourth-order valence-corrected chi connectivity index (χ4v) is 3.72. The Balaban J connectivity index is 1.57. The highest BCUT2D eigenvalue weighted by atomic mass is 16.5. The van der Waals surface area contributed by atoms with Crippen LogP contribution in [0.25, 0.3) is 11.5 Å². The van der Waals surface area contributed by atoms with Crippen molar-refractivity contribution in [2.24, 2.45) is 0 Å². The number of methoxy groups -OCH3 is 2. The minimum absolute atomic E-state index is 0.0336. The summed E-state index contributed by atoms with van der Waals surface area (Å²) in [6.07, 6.45) is 3.29. The van der Waals surface area contributed by atoms with Crippen LogP contribution in [0.4, 0.5) is 0 Å². The summed E-state index contributed by atoms with van der Waals surface area (Å²) in [7, 11) is 3.00. The van der Waals surface area contributed by atoms with Gasteiger partial charge >= 0.3 is 5.97 Å². The number of hydrogen-bond acceptors (Lipinski definition) is 7. The third-order valence-electron chi connectivity index (χ3n) is 5.49. The number of carbonyl (C=O) groups is 1. The number of rotatable bonds is 11. The zero-order valence-corrected chi connectivity index (χ0v) is 18.3. The lowest BCUT2D eigenvalue weighted by atomic mass is 9.95. The molecule has 0 bridgehead atoms. The number of aryl methyl sites for hydroxylation is 1. The molecule has 0 saturated heterocycles. The van der Waals surface area contributed by atoms with Crippen LogP contribution in [-0.2, 0) is 32.0 Å². The maximum absolute atomic E-state index is 11.1. The number of carboxylic acids is 1. The highest BCUT2D eigenvalue weighted by Crippen LogP contribution is 2.28. The van der Waals surface area contributed by atoms with Crippen molar-refractivity contribution < 1.29 is 33.3 Å². The Morgan fingerprint density at radius 2 is 2.03 bits per heavy atom. The van der Waals surface area contributed by atoms with Crippen LogP contribution >= 0.6 is 0 Å². The van der Waals surface area contributed by atoms with E-state index in [0.717, 1.165) is 54.9 Å². The van der Waals surface area contributed by atoms with Crippen LogP contribution in [0.3, 0.4) is 0 Å². The molecule has 0 spiro atoms. The predicted octanol–water partition coefficient (Wildman–Crippen LogP) is 3.86. The smallest absolute Gasteiger partial charge is 0.335 e. The molecule has 1 unspecified atom stereocenters. The van der Waals surface area contributed by atoms with Gasteiger partial charge in [-0.1, -0.05) is 13.0 Å². The van der Waals surface area contributed by atoms with Crippen LogP contribution in [0, 0.1) is 0 Å². The van der Waals surface area contributed by atoms with Gasteiger partial charge in [-0.2, -0.15) is 0 Å². The van der Waals surface area contributed by atoms with Gasteiger partial charge < -0.3 is 28.5 Å². The molecule has 1 aliphatic carbocycles. The zero-order valence-electron chi connectivity index (χ0n) is 18.3. The second-order valence-electron chi connectivity index (χ2n) is 7.59. The third kappa shape index (κ3) is 6.29. The number of aromatic nitrogens is 1. The molecule has 3 atom stereocenters. The van der Waals surface area contributed by atoms with Crippen LogP contribution < -0.4 is 4.74 Å². The van der Waals surface area contributed by atoms with E-state index in [1.54, 1.807) is 7.11 Å². The van der Waals surface area contributed by atoms with Crippen molar-refractivity contribution in [3.63, 3.8) is 0 Å². The third-order valence-corrected chi connectivity index (χ3v) is 5.49. The Labute approximate surface area is 182 Å². The summed E-state index contributed by atoms with van der Waals surface area (Å²) in [5.74, 6) is 1.10. The number of ether oxygens (including phenoxy) is 4. The molecule has 1 aromatic carbocycles. The van der Waals surface area contributed by atoms with Crippen LogP contribution in [0.2, 0.25) is 0 Å². The molecule has 0 aliphatic heterocycles. The maximum atomic E-state index is 11.1. The molecule has 1 aliphatic rings. The van der Waals surface area contributed by atoms with E-state index in [2.05, 4.69) is 4.98 Å². The first-order valence-corrected chi connectivity index (χ1v) is 10.7. The molecule has 1 N–H and O–H groups in total. The molecule has 1 fully saturated rings. The second-order valence-corrected chi connectivity index (χ2v) is 7.59. The largest absolute Gasteiger partial charge is 0.497 e. The fraction of sp³-hybridized carbons (Fsp3) is 0.565. The van der Waals surface area contributed by atoms with E-state index < -0.39 is 12.1 Å². The Morgan fingerprint density at radius 1 is 1.26 bits per heavy atom. The van der Waals surface area contributed by atoms with E-state index in [0.29, 0.717) is 12.5 Å². The molecule has 1 aromatic heterocycles. The van der Waals surface area contributed by atoms with Crippen molar-refractivity contribution in [3.05, 3.63) is 35.7 Å². The van der Waals surface area contributed by atoms with Gasteiger partial charge in [0.25, 0.3) is 0 Å². The van der Waals surface area contributed by atoms with E-state index in [9.17, 15) is 4.79 Å². The van der Waals surface area contributed by atoms with E-state index >= 15 is 0 Å². The molecule has 170 valence electrons. The Kier molecular flexibility index (Phi) is 8.45. The molecule has 3 rings (SSSR count). The Bertz CT molecular complexity index is 850. The minimum atomic E-state index is -1.02. The van der Waals surface area contributed by atoms with Gasteiger partial charge in [0, 0.05) is 19.1 Å². The lowest BCUT2D eigenvalue weighted by Gasteiger charge is -2.29. The normalized spacial score (nSPS) is 19.8. The SMILES string of the molecule is CCc1oc(-c2cccc(OC)c2)nc1CO[C@H]1CCC[C@@H](OCC(OC)C(=O)O)C1. The average molecular weight is 434 g/mol. The summed E-state index contributed by atoms with van der Waals surface area (Å²) >= 11 is 0. The van der Waals surface area contributed by atoms with E-state index in [1.165, 1.54) is 7.11 Å². The molecule has 8 heteroatoms. The van der Waals surface area contributed by atoms with Crippen LogP contribution in [0.1, 0.15) is 44.1 Å². The number of aliphatic carboxylic acids is 1. The number of oxazole rings is 1. The predicted molar refractivity (Wildman–Crippen MR) is 113 cm³/mol. The highest BCUT2D eigenvalue weighted by molar-refractivity contribution is 5.72. The summed E-state index contributed by atoms with van der Waals surface area (Å²) in [6.45, 7) is 2.43. The molecule has 0 radical (unpaired) electrons. The monoisotopic (exact) mass is 433 g/mol. The van der Waals surface area contributed by atoms with Gasteiger partial charge in [0.05, 0.1) is 32.5 Å². The van der Waals surface area contributed by atoms with E-state index in [1.807, 2.05) is 31.2 Å². The molecule has 8 nitrogen and oxygen atoms in total. The lowest BCUT2D eigenvalue weighted by molar-refractivity contribution is -0.155. The van der Waals surface area contributed by atoms with Crippen LogP contribution in [0.5, 0.6) is 5.75 Å². The van der Waals surface area contributed by atoms with Gasteiger partial charge in [0.15, 0.2) is 6.10 Å². The van der Waals surface area contributed by atoms with Gasteiger partial charge in [0.2, 0.25) is 5.89 Å². The van der Waals surface area contributed by atoms with Crippen molar-refractivity contribution >= 4 is 5.97 Å². The van der Waals surface area contributed by atoms with E-state index in [-0.39, 0.29) is 18.8 Å².